The van der Waals surface area contributed by atoms with Crippen LogP contribution in [0.25, 0.3) is 10.9 Å². The number of benzene rings is 2. The highest BCUT2D eigenvalue weighted by Gasteiger charge is 2.44. The minimum atomic E-state index is -4.46. The molecule has 5 nitrogen and oxygen atoms in total. The number of ether oxygens (including phenoxy) is 2. The van der Waals surface area contributed by atoms with Crippen LogP contribution in [-0.2, 0) is 10.9 Å². The van der Waals surface area contributed by atoms with Gasteiger partial charge in [-0.1, -0.05) is 6.08 Å². The molecule has 1 N–H and O–H groups in total. The highest BCUT2D eigenvalue weighted by Crippen LogP contribution is 2.44. The van der Waals surface area contributed by atoms with E-state index >= 15 is 0 Å². The van der Waals surface area contributed by atoms with E-state index in [1.165, 1.54) is 0 Å². The van der Waals surface area contributed by atoms with E-state index in [4.69, 9.17) is 21.7 Å². The lowest BCUT2D eigenvalue weighted by Gasteiger charge is -2.51. The van der Waals surface area contributed by atoms with Crippen molar-refractivity contribution in [1.29, 1.82) is 0 Å². The fourth-order valence-corrected chi connectivity index (χ4v) is 6.07. The average Bonchev–Trinajstić information content (AvgIpc) is 2.90. The lowest BCUT2D eigenvalue weighted by Crippen LogP contribution is -2.55. The fraction of sp³-hybridized carbons (Fsp3) is 0.379. The van der Waals surface area contributed by atoms with Crippen molar-refractivity contribution in [3.8, 4) is 5.75 Å². The summed E-state index contributed by atoms with van der Waals surface area (Å²) in [5.41, 5.74) is 1.67. The van der Waals surface area contributed by atoms with E-state index in [1.807, 2.05) is 30.3 Å². The normalized spacial score (nSPS) is 23.6. The first-order chi connectivity index (χ1) is 18.2. The molecule has 6 rings (SSSR count). The van der Waals surface area contributed by atoms with Gasteiger partial charge in [0, 0.05) is 29.4 Å². The quantitative estimate of drug-likeness (QED) is 0.270. The van der Waals surface area contributed by atoms with Crippen molar-refractivity contribution in [1.82, 2.24) is 9.88 Å². The van der Waals surface area contributed by atoms with Gasteiger partial charge < -0.3 is 14.8 Å². The summed E-state index contributed by atoms with van der Waals surface area (Å²) in [6, 6.07) is 11.4. The summed E-state index contributed by atoms with van der Waals surface area (Å²) in [7, 11) is 1.61. The van der Waals surface area contributed by atoms with Gasteiger partial charge in [-0.15, -0.1) is 6.58 Å². The Morgan fingerprint density at radius 3 is 2.74 bits per heavy atom. The number of piperidine rings is 3. The largest absolute Gasteiger partial charge is 0.497 e. The van der Waals surface area contributed by atoms with E-state index < -0.39 is 17.8 Å². The number of thiocarbonyl (C=S) groups is 1. The summed E-state index contributed by atoms with van der Waals surface area (Å²) in [4.78, 5) is 6.93. The van der Waals surface area contributed by atoms with Crippen LogP contribution in [0.4, 0.5) is 18.9 Å². The molecule has 4 heterocycles. The van der Waals surface area contributed by atoms with Crippen LogP contribution < -0.4 is 10.1 Å². The minimum Gasteiger partial charge on any atom is -0.497 e. The van der Waals surface area contributed by atoms with Gasteiger partial charge in [0.25, 0.3) is 5.17 Å². The third-order valence-electron chi connectivity index (χ3n) is 7.68. The van der Waals surface area contributed by atoms with Crippen molar-refractivity contribution < 1.29 is 22.6 Å². The van der Waals surface area contributed by atoms with Crippen LogP contribution in [0.5, 0.6) is 5.75 Å². The van der Waals surface area contributed by atoms with Gasteiger partial charge in [0.05, 0.1) is 24.2 Å². The zero-order valence-electron chi connectivity index (χ0n) is 21.3. The van der Waals surface area contributed by atoms with E-state index in [0.29, 0.717) is 23.1 Å². The molecule has 0 saturated carbocycles. The van der Waals surface area contributed by atoms with Gasteiger partial charge in [-0.25, -0.2) is 0 Å². The number of hydrogen-bond acceptors (Lipinski definition) is 5. The molecule has 200 valence electrons. The van der Waals surface area contributed by atoms with Gasteiger partial charge in [-0.05, 0) is 98.4 Å². The molecule has 5 atom stereocenters. The molecule has 1 aromatic heterocycles. The Balaban J connectivity index is 1.50. The second-order valence-corrected chi connectivity index (χ2v) is 10.4. The van der Waals surface area contributed by atoms with Crippen LogP contribution in [0.1, 0.15) is 35.6 Å². The minimum absolute atomic E-state index is 0.0181. The molecule has 9 heteroatoms. The summed E-state index contributed by atoms with van der Waals surface area (Å²) >= 11 is 5.58. The second kappa shape index (κ2) is 10.5. The Hall–Kier alpha value is -3.17. The number of aryl methyl sites for hydroxylation is 1. The van der Waals surface area contributed by atoms with E-state index in [9.17, 15) is 13.2 Å². The number of fused-ring (bicyclic) bond motifs is 4. The molecule has 0 aliphatic carbocycles. The summed E-state index contributed by atoms with van der Waals surface area (Å²) in [5, 5.41) is 3.81. The first-order valence-electron chi connectivity index (χ1n) is 12.6. The molecule has 3 aromatic rings. The van der Waals surface area contributed by atoms with Crippen molar-refractivity contribution in [3.63, 3.8) is 0 Å². The lowest BCUT2D eigenvalue weighted by atomic mass is 9.73. The number of methoxy groups -OCH3 is 1. The summed E-state index contributed by atoms with van der Waals surface area (Å²) in [6.45, 7) is 7.47. The molecule has 38 heavy (non-hydrogen) atoms. The number of alkyl halides is 3. The number of nitrogens with one attached hydrogen (secondary N) is 1. The van der Waals surface area contributed by atoms with Crippen LogP contribution in [0, 0.1) is 18.8 Å². The number of rotatable bonds is 6. The Labute approximate surface area is 225 Å². The number of pyridine rings is 1. The van der Waals surface area contributed by atoms with Crippen molar-refractivity contribution in [2.45, 2.75) is 38.1 Å². The van der Waals surface area contributed by atoms with E-state index in [-0.39, 0.29) is 16.9 Å². The Morgan fingerprint density at radius 1 is 1.24 bits per heavy atom. The third kappa shape index (κ3) is 5.35. The standard InChI is InChI=1S/C29H30F3N3O2S/c1-4-18-16-35-10-8-19(18)13-26(35)27(23-7-9-33-25-6-5-22(36-3)15-24(23)25)37-28(38)34-21-12-17(2)11-20(14-21)29(30,31)32/h4-7,9,11-12,14-15,18-19,26-27H,1,8,10,13,16H2,2-3H3,(H,34,38)/t18?,19?,26?,27-/m0/s1. The van der Waals surface area contributed by atoms with E-state index in [0.717, 1.165) is 54.5 Å². The topological polar surface area (TPSA) is 46.6 Å². The smallest absolute Gasteiger partial charge is 0.416 e. The highest BCUT2D eigenvalue weighted by atomic mass is 32.1. The maximum Gasteiger partial charge on any atom is 0.416 e. The van der Waals surface area contributed by atoms with Crippen LogP contribution in [0.3, 0.4) is 0 Å². The third-order valence-corrected chi connectivity index (χ3v) is 7.88. The molecule has 4 unspecified atom stereocenters. The Morgan fingerprint density at radius 2 is 2.05 bits per heavy atom. The van der Waals surface area contributed by atoms with Crippen LogP contribution >= 0.6 is 12.2 Å². The van der Waals surface area contributed by atoms with Crippen molar-refractivity contribution in [2.75, 3.05) is 25.5 Å². The predicted molar refractivity (Wildman–Crippen MR) is 146 cm³/mol. The van der Waals surface area contributed by atoms with E-state index in [1.54, 1.807) is 26.3 Å². The van der Waals surface area contributed by atoms with Crippen molar-refractivity contribution in [3.05, 3.63) is 78.0 Å². The fourth-order valence-electron chi connectivity index (χ4n) is 5.84. The molecule has 0 amide bonds. The zero-order valence-corrected chi connectivity index (χ0v) is 22.1. The molecular formula is C29H30F3N3O2S. The first kappa shape index (κ1) is 26.4. The van der Waals surface area contributed by atoms with Gasteiger partial charge in [-0.2, -0.15) is 13.2 Å². The second-order valence-electron chi connectivity index (χ2n) is 10.1. The van der Waals surface area contributed by atoms with Crippen LogP contribution in [-0.4, -0.2) is 41.3 Å². The maximum absolute atomic E-state index is 13.4. The number of hydrogen-bond donors (Lipinski definition) is 1. The monoisotopic (exact) mass is 541 g/mol. The molecule has 3 saturated heterocycles. The van der Waals surface area contributed by atoms with Gasteiger partial charge in [0.2, 0.25) is 0 Å². The van der Waals surface area contributed by atoms with Crippen molar-refractivity contribution >= 4 is 34.0 Å². The SMILES string of the molecule is C=CC1CN2CCC1CC2[C@@H](OC(=S)Nc1cc(C)cc(C(F)(F)F)c1)c1ccnc2ccc(OC)cc12. The summed E-state index contributed by atoms with van der Waals surface area (Å²) in [6.07, 6.45) is 0.859. The number of aromatic nitrogens is 1. The highest BCUT2D eigenvalue weighted by molar-refractivity contribution is 7.80. The molecule has 2 bridgehead atoms. The number of anilines is 1. The number of halogens is 3. The lowest BCUT2D eigenvalue weighted by molar-refractivity contribution is -0.137. The molecule has 3 aliphatic heterocycles. The van der Waals surface area contributed by atoms with Crippen LogP contribution in [0.15, 0.2) is 61.3 Å². The van der Waals surface area contributed by atoms with Gasteiger partial charge in [0.15, 0.2) is 0 Å². The molecule has 2 aromatic carbocycles. The zero-order chi connectivity index (χ0) is 27.0. The Bertz CT molecular complexity index is 1360. The molecular weight excluding hydrogens is 511 g/mol. The van der Waals surface area contributed by atoms with Gasteiger partial charge in [0.1, 0.15) is 11.9 Å². The number of nitrogens with zero attached hydrogens (tertiary/aromatic N) is 2. The van der Waals surface area contributed by atoms with Crippen LogP contribution in [0.2, 0.25) is 0 Å². The molecule has 0 radical (unpaired) electrons. The van der Waals surface area contributed by atoms with E-state index in [2.05, 4.69) is 21.8 Å². The molecule has 0 spiro atoms. The van der Waals surface area contributed by atoms with Crippen molar-refractivity contribution in [2.24, 2.45) is 11.8 Å². The molecule has 3 fully saturated rings. The molecule has 3 aliphatic rings. The van der Waals surface area contributed by atoms with Gasteiger partial charge in [-0.3, -0.25) is 9.88 Å². The average molecular weight is 542 g/mol. The van der Waals surface area contributed by atoms with Gasteiger partial charge >= 0.3 is 6.18 Å². The summed E-state index contributed by atoms with van der Waals surface area (Å²) in [5.74, 6) is 1.61. The predicted octanol–water partition coefficient (Wildman–Crippen LogP) is 6.92. The Kier molecular flexibility index (Phi) is 7.33. The summed E-state index contributed by atoms with van der Waals surface area (Å²) < 4.78 is 52.1. The first-order valence-corrected chi connectivity index (χ1v) is 13.0. The maximum atomic E-state index is 13.4.